The Morgan fingerprint density at radius 2 is 1.29 bits per heavy atom. The Morgan fingerprint density at radius 1 is 0.810 bits per heavy atom. The fourth-order valence-electron chi connectivity index (χ4n) is 2.74. The van der Waals surface area contributed by atoms with Crippen LogP contribution >= 0.6 is 15.9 Å². The first kappa shape index (κ1) is 18.7. The van der Waals surface area contributed by atoms with Crippen LogP contribution in [0.2, 0.25) is 0 Å². The van der Waals surface area contributed by atoms with Crippen molar-refractivity contribution in [3.8, 4) is 0 Å². The molecule has 0 saturated heterocycles. The van der Waals surface area contributed by atoms with Crippen LogP contribution in [-0.4, -0.2) is 10.4 Å². The zero-order valence-corrected chi connectivity index (χ0v) is 15.1. The Labute approximate surface area is 139 Å². The van der Waals surface area contributed by atoms with Gasteiger partial charge in [-0.25, -0.2) is 0 Å². The molecule has 0 aliphatic heterocycles. The SMILES string of the molecule is C[C@](O)(CCCCCCCCCCCBr)c1ccccc1. The molecule has 0 aromatic heterocycles. The van der Waals surface area contributed by atoms with Gasteiger partial charge in [0.25, 0.3) is 0 Å². The summed E-state index contributed by atoms with van der Waals surface area (Å²) < 4.78 is 0. The third-order valence-corrected chi connectivity index (χ3v) is 4.75. The highest BCUT2D eigenvalue weighted by Crippen LogP contribution is 2.26. The highest BCUT2D eigenvalue weighted by atomic mass is 79.9. The van der Waals surface area contributed by atoms with E-state index >= 15 is 0 Å². The number of unbranched alkanes of at least 4 members (excludes halogenated alkanes) is 8. The number of halogens is 1. The van der Waals surface area contributed by atoms with Crippen LogP contribution in [0.5, 0.6) is 0 Å². The molecule has 0 amide bonds. The summed E-state index contributed by atoms with van der Waals surface area (Å²) in [6.07, 6.45) is 12.7. The molecule has 0 saturated carbocycles. The van der Waals surface area contributed by atoms with Crippen LogP contribution in [0.1, 0.15) is 76.7 Å². The van der Waals surface area contributed by atoms with E-state index in [1.54, 1.807) is 0 Å². The van der Waals surface area contributed by atoms with E-state index in [4.69, 9.17) is 0 Å². The molecule has 0 bridgehead atoms. The molecule has 120 valence electrons. The van der Waals surface area contributed by atoms with E-state index in [0.29, 0.717) is 0 Å². The van der Waals surface area contributed by atoms with E-state index in [1.807, 2.05) is 37.3 Å². The maximum atomic E-state index is 10.5. The molecule has 0 radical (unpaired) electrons. The van der Waals surface area contributed by atoms with Crippen LogP contribution < -0.4 is 0 Å². The second kappa shape index (κ2) is 11.3. The van der Waals surface area contributed by atoms with Crippen LogP contribution in [0.3, 0.4) is 0 Å². The van der Waals surface area contributed by atoms with Gasteiger partial charge >= 0.3 is 0 Å². The predicted molar refractivity (Wildman–Crippen MR) is 96.0 cm³/mol. The lowest BCUT2D eigenvalue weighted by Gasteiger charge is -2.23. The molecular formula is C19H31BrO. The summed E-state index contributed by atoms with van der Waals surface area (Å²) in [5, 5.41) is 11.7. The van der Waals surface area contributed by atoms with Gasteiger partial charge < -0.3 is 5.11 Å². The van der Waals surface area contributed by atoms with Gasteiger partial charge in [-0.15, -0.1) is 0 Å². The van der Waals surface area contributed by atoms with E-state index in [1.165, 1.54) is 51.4 Å². The Kier molecular flexibility index (Phi) is 10.0. The molecule has 0 fully saturated rings. The maximum absolute atomic E-state index is 10.5. The zero-order valence-electron chi connectivity index (χ0n) is 13.5. The topological polar surface area (TPSA) is 20.2 Å². The van der Waals surface area contributed by atoms with Gasteiger partial charge in [-0.2, -0.15) is 0 Å². The van der Waals surface area contributed by atoms with Gasteiger partial charge in [0.2, 0.25) is 0 Å². The molecule has 0 aliphatic rings. The van der Waals surface area contributed by atoms with Crippen LogP contribution in [0.25, 0.3) is 0 Å². The minimum atomic E-state index is -0.670. The number of hydrogen-bond acceptors (Lipinski definition) is 1. The monoisotopic (exact) mass is 354 g/mol. The van der Waals surface area contributed by atoms with Crippen LogP contribution in [0.4, 0.5) is 0 Å². The molecule has 0 heterocycles. The third kappa shape index (κ3) is 8.63. The van der Waals surface area contributed by atoms with Gasteiger partial charge in [0.1, 0.15) is 0 Å². The summed E-state index contributed by atoms with van der Waals surface area (Å²) in [6.45, 7) is 1.94. The second-order valence-electron chi connectivity index (χ2n) is 6.26. The van der Waals surface area contributed by atoms with Gasteiger partial charge in [0.15, 0.2) is 0 Å². The summed E-state index contributed by atoms with van der Waals surface area (Å²) in [5.74, 6) is 0. The fraction of sp³-hybridized carbons (Fsp3) is 0.684. The van der Waals surface area contributed by atoms with Crippen molar-refractivity contribution in [2.45, 2.75) is 76.7 Å². The van der Waals surface area contributed by atoms with Crippen molar-refractivity contribution in [3.05, 3.63) is 35.9 Å². The van der Waals surface area contributed by atoms with Crippen molar-refractivity contribution in [1.29, 1.82) is 0 Å². The molecule has 2 heteroatoms. The highest BCUT2D eigenvalue weighted by Gasteiger charge is 2.21. The lowest BCUT2D eigenvalue weighted by molar-refractivity contribution is 0.0448. The van der Waals surface area contributed by atoms with E-state index in [2.05, 4.69) is 15.9 Å². The van der Waals surface area contributed by atoms with Crippen molar-refractivity contribution in [1.82, 2.24) is 0 Å². The highest BCUT2D eigenvalue weighted by molar-refractivity contribution is 9.09. The Hall–Kier alpha value is -0.340. The van der Waals surface area contributed by atoms with E-state index in [9.17, 15) is 5.11 Å². The van der Waals surface area contributed by atoms with E-state index in [0.717, 1.165) is 23.7 Å². The van der Waals surface area contributed by atoms with E-state index < -0.39 is 5.60 Å². The average Bonchev–Trinajstić information content (AvgIpc) is 2.50. The zero-order chi connectivity index (χ0) is 15.4. The molecule has 1 nitrogen and oxygen atoms in total. The van der Waals surface area contributed by atoms with Gasteiger partial charge in [-0.1, -0.05) is 97.6 Å². The Balaban J connectivity index is 2.01. The molecule has 21 heavy (non-hydrogen) atoms. The molecule has 0 spiro atoms. The molecule has 1 N–H and O–H groups in total. The first-order chi connectivity index (χ1) is 10.2. The van der Waals surface area contributed by atoms with Crippen molar-refractivity contribution < 1.29 is 5.11 Å². The Bertz CT molecular complexity index is 348. The largest absolute Gasteiger partial charge is 0.385 e. The summed E-state index contributed by atoms with van der Waals surface area (Å²) >= 11 is 3.47. The van der Waals surface area contributed by atoms with E-state index in [-0.39, 0.29) is 0 Å². The second-order valence-corrected chi connectivity index (χ2v) is 7.05. The Morgan fingerprint density at radius 3 is 1.81 bits per heavy atom. The predicted octanol–water partition coefficient (Wildman–Crippen LogP) is 6.19. The van der Waals surface area contributed by atoms with Gasteiger partial charge in [-0.3, -0.25) is 0 Å². The molecule has 1 aromatic rings. The number of benzene rings is 1. The minimum absolute atomic E-state index is 0.670. The summed E-state index contributed by atoms with van der Waals surface area (Å²) in [6, 6.07) is 10.0. The molecule has 0 unspecified atom stereocenters. The van der Waals surface area contributed by atoms with Gasteiger partial charge in [0, 0.05) is 5.33 Å². The summed E-state index contributed by atoms with van der Waals surface area (Å²) in [4.78, 5) is 0. The number of hydrogen-bond donors (Lipinski definition) is 1. The first-order valence-electron chi connectivity index (χ1n) is 8.51. The van der Waals surface area contributed by atoms with Crippen LogP contribution in [-0.2, 0) is 5.60 Å². The number of rotatable bonds is 12. The molecule has 1 rings (SSSR count). The lowest BCUT2D eigenvalue weighted by Crippen LogP contribution is -2.20. The van der Waals surface area contributed by atoms with Crippen molar-refractivity contribution in [3.63, 3.8) is 0 Å². The summed E-state index contributed by atoms with van der Waals surface area (Å²) in [5.41, 5.74) is 0.369. The molecular weight excluding hydrogens is 324 g/mol. The number of alkyl halides is 1. The molecule has 0 aliphatic carbocycles. The standard InChI is InChI=1S/C19H31BrO/c1-19(21,18-14-10-9-11-15-18)16-12-7-5-3-2-4-6-8-13-17-20/h9-11,14-15,21H,2-8,12-13,16-17H2,1H3/t19-/m0/s1. The van der Waals surface area contributed by atoms with Gasteiger partial charge in [0.05, 0.1) is 5.60 Å². The molecule has 1 aromatic carbocycles. The van der Waals surface area contributed by atoms with Crippen LogP contribution in [0.15, 0.2) is 30.3 Å². The third-order valence-electron chi connectivity index (χ3n) is 4.19. The normalized spacial score (nSPS) is 14.0. The van der Waals surface area contributed by atoms with Gasteiger partial charge in [-0.05, 0) is 25.3 Å². The number of aliphatic hydroxyl groups is 1. The first-order valence-corrected chi connectivity index (χ1v) is 9.63. The minimum Gasteiger partial charge on any atom is -0.385 e. The van der Waals surface area contributed by atoms with Crippen LogP contribution in [0, 0.1) is 0 Å². The quantitative estimate of drug-likeness (QED) is 0.350. The summed E-state index contributed by atoms with van der Waals surface area (Å²) in [7, 11) is 0. The van der Waals surface area contributed by atoms with Crippen molar-refractivity contribution in [2.24, 2.45) is 0 Å². The average molecular weight is 355 g/mol. The lowest BCUT2D eigenvalue weighted by atomic mass is 9.90. The smallest absolute Gasteiger partial charge is 0.0868 e. The fourth-order valence-corrected chi connectivity index (χ4v) is 3.14. The molecule has 1 atom stereocenters. The van der Waals surface area contributed by atoms with Crippen molar-refractivity contribution in [2.75, 3.05) is 5.33 Å². The maximum Gasteiger partial charge on any atom is 0.0868 e. The van der Waals surface area contributed by atoms with Crippen molar-refractivity contribution >= 4 is 15.9 Å².